The van der Waals surface area contributed by atoms with E-state index in [-0.39, 0.29) is 16.2 Å². The van der Waals surface area contributed by atoms with E-state index in [1.54, 1.807) is 18.2 Å². The highest BCUT2D eigenvalue weighted by molar-refractivity contribution is 7.13. The lowest BCUT2D eigenvalue weighted by molar-refractivity contribution is -0.385. The maximum absolute atomic E-state index is 12.5. The zero-order chi connectivity index (χ0) is 18.1. The van der Waals surface area contributed by atoms with Crippen LogP contribution in [-0.2, 0) is 19.5 Å². The Morgan fingerprint density at radius 1 is 1.27 bits per heavy atom. The van der Waals surface area contributed by atoms with Crippen molar-refractivity contribution in [3.8, 4) is 10.7 Å². The Balaban J connectivity index is 1.59. The minimum atomic E-state index is -0.366. The molecule has 1 N–H and O–H groups in total. The molecule has 0 aliphatic carbocycles. The zero-order valence-corrected chi connectivity index (χ0v) is 14.7. The average Bonchev–Trinajstić information content (AvgIpc) is 3.17. The maximum atomic E-state index is 12.5. The second-order valence-corrected chi connectivity index (χ2v) is 7.11. The van der Waals surface area contributed by atoms with E-state index in [9.17, 15) is 14.9 Å². The molecule has 7 nitrogen and oxygen atoms in total. The van der Waals surface area contributed by atoms with E-state index >= 15 is 0 Å². The van der Waals surface area contributed by atoms with Gasteiger partial charge in [0.05, 0.1) is 21.1 Å². The lowest BCUT2D eigenvalue weighted by Crippen LogP contribution is -2.35. The van der Waals surface area contributed by atoms with Crippen molar-refractivity contribution in [3.05, 3.63) is 79.1 Å². The van der Waals surface area contributed by atoms with Gasteiger partial charge < -0.3 is 4.98 Å². The van der Waals surface area contributed by atoms with E-state index in [0.717, 1.165) is 10.6 Å². The molecule has 3 aromatic rings. The fourth-order valence-electron chi connectivity index (χ4n) is 3.21. The molecule has 132 valence electrons. The van der Waals surface area contributed by atoms with Crippen molar-refractivity contribution in [1.29, 1.82) is 0 Å². The third-order valence-corrected chi connectivity index (χ3v) is 5.36. The van der Waals surface area contributed by atoms with Gasteiger partial charge in [0.2, 0.25) is 0 Å². The van der Waals surface area contributed by atoms with Gasteiger partial charge in [-0.1, -0.05) is 24.3 Å². The smallest absolute Gasteiger partial charge is 0.273 e. The normalized spacial score (nSPS) is 14.2. The van der Waals surface area contributed by atoms with Crippen molar-refractivity contribution in [2.75, 3.05) is 6.54 Å². The Labute approximate surface area is 153 Å². The summed E-state index contributed by atoms with van der Waals surface area (Å²) in [6.45, 7) is 1.58. The summed E-state index contributed by atoms with van der Waals surface area (Å²) in [4.78, 5) is 33.8. The fourth-order valence-corrected chi connectivity index (χ4v) is 3.88. The van der Waals surface area contributed by atoms with Gasteiger partial charge in [0.15, 0.2) is 5.82 Å². The minimum Gasteiger partial charge on any atom is -0.306 e. The van der Waals surface area contributed by atoms with Crippen molar-refractivity contribution in [3.63, 3.8) is 0 Å². The number of hydrogen-bond donors (Lipinski definition) is 1. The highest BCUT2D eigenvalue weighted by atomic mass is 32.1. The molecule has 4 rings (SSSR count). The van der Waals surface area contributed by atoms with Gasteiger partial charge in [-0.15, -0.1) is 11.3 Å². The van der Waals surface area contributed by atoms with Gasteiger partial charge >= 0.3 is 0 Å². The van der Waals surface area contributed by atoms with Crippen LogP contribution >= 0.6 is 11.3 Å². The molecule has 8 heteroatoms. The van der Waals surface area contributed by atoms with Gasteiger partial charge in [0.25, 0.3) is 11.2 Å². The Kier molecular flexibility index (Phi) is 4.36. The first kappa shape index (κ1) is 16.6. The molecular formula is C18H16N4O3S. The average molecular weight is 368 g/mol. The third kappa shape index (κ3) is 3.16. The number of aromatic amines is 1. The first-order chi connectivity index (χ1) is 12.6. The minimum absolute atomic E-state index is 0.110. The highest BCUT2D eigenvalue weighted by Gasteiger charge is 2.23. The molecule has 1 aromatic carbocycles. The van der Waals surface area contributed by atoms with Gasteiger partial charge in [-0.05, 0) is 11.4 Å². The second kappa shape index (κ2) is 6.81. The van der Waals surface area contributed by atoms with Crippen molar-refractivity contribution >= 4 is 17.0 Å². The summed E-state index contributed by atoms with van der Waals surface area (Å²) in [6, 6.07) is 10.6. The Morgan fingerprint density at radius 2 is 2.12 bits per heavy atom. The molecular weight excluding hydrogens is 352 g/mol. The van der Waals surface area contributed by atoms with Gasteiger partial charge in [-0.25, -0.2) is 4.98 Å². The molecule has 3 heterocycles. The van der Waals surface area contributed by atoms with Crippen LogP contribution < -0.4 is 5.56 Å². The van der Waals surface area contributed by atoms with Crippen LogP contribution in [0.2, 0.25) is 0 Å². The molecule has 1 aliphatic heterocycles. The number of nitro benzene ring substituents is 1. The van der Waals surface area contributed by atoms with Crippen LogP contribution in [0.5, 0.6) is 0 Å². The fraction of sp³-hybridized carbons (Fsp3) is 0.222. The van der Waals surface area contributed by atoms with E-state index < -0.39 is 0 Å². The van der Waals surface area contributed by atoms with E-state index in [4.69, 9.17) is 0 Å². The molecule has 0 saturated heterocycles. The van der Waals surface area contributed by atoms with Crippen molar-refractivity contribution in [2.24, 2.45) is 0 Å². The van der Waals surface area contributed by atoms with Gasteiger partial charge in [-0.3, -0.25) is 19.8 Å². The standard InChI is InChI=1S/C18H16N4O3S/c23-18-13-11-21(10-12-4-1-2-5-15(12)22(24)25)8-7-14(13)19-17(20-18)16-6-3-9-26-16/h1-6,9H,7-8,10-11H2,(H,19,20,23). The number of hydrogen-bond acceptors (Lipinski definition) is 6. The topological polar surface area (TPSA) is 92.1 Å². The molecule has 0 saturated carbocycles. The number of rotatable bonds is 4. The van der Waals surface area contributed by atoms with Crippen molar-refractivity contribution in [1.82, 2.24) is 14.9 Å². The summed E-state index contributed by atoms with van der Waals surface area (Å²) >= 11 is 1.54. The summed E-state index contributed by atoms with van der Waals surface area (Å²) in [5.41, 5.74) is 2.09. The molecule has 0 atom stereocenters. The lowest BCUT2D eigenvalue weighted by Gasteiger charge is -2.27. The van der Waals surface area contributed by atoms with Gasteiger partial charge in [-0.2, -0.15) is 0 Å². The van der Waals surface area contributed by atoms with E-state index in [0.29, 0.717) is 43.0 Å². The van der Waals surface area contributed by atoms with Crippen molar-refractivity contribution < 1.29 is 4.92 Å². The monoisotopic (exact) mass is 368 g/mol. The van der Waals surface area contributed by atoms with Crippen LogP contribution in [0.15, 0.2) is 46.6 Å². The van der Waals surface area contributed by atoms with Crippen LogP contribution in [0.1, 0.15) is 16.8 Å². The van der Waals surface area contributed by atoms with Gasteiger partial charge in [0.1, 0.15) is 0 Å². The third-order valence-electron chi connectivity index (χ3n) is 4.48. The lowest BCUT2D eigenvalue weighted by atomic mass is 10.1. The van der Waals surface area contributed by atoms with E-state index in [2.05, 4.69) is 9.97 Å². The molecule has 0 spiro atoms. The van der Waals surface area contributed by atoms with Crippen LogP contribution in [0, 0.1) is 10.1 Å². The number of nitrogens with zero attached hydrogens (tertiary/aromatic N) is 3. The molecule has 0 fully saturated rings. The SMILES string of the molecule is O=c1[nH]c(-c2cccs2)nc2c1CN(Cc1ccccc1[N+](=O)[O-])CC2. The molecule has 2 aromatic heterocycles. The molecule has 0 unspecified atom stereocenters. The van der Waals surface area contributed by atoms with Crippen LogP contribution in [0.3, 0.4) is 0 Å². The summed E-state index contributed by atoms with van der Waals surface area (Å²) in [6.07, 6.45) is 0.651. The van der Waals surface area contributed by atoms with E-state index in [1.807, 2.05) is 22.4 Å². The second-order valence-electron chi connectivity index (χ2n) is 6.16. The van der Waals surface area contributed by atoms with E-state index in [1.165, 1.54) is 17.4 Å². The number of thiophene rings is 1. The quantitative estimate of drug-likeness (QED) is 0.565. The Morgan fingerprint density at radius 3 is 2.88 bits per heavy atom. The predicted molar refractivity (Wildman–Crippen MR) is 99.1 cm³/mol. The summed E-state index contributed by atoms with van der Waals surface area (Å²) in [5.74, 6) is 0.607. The number of H-pyrrole nitrogens is 1. The van der Waals surface area contributed by atoms with Gasteiger partial charge in [0, 0.05) is 37.7 Å². The molecule has 0 amide bonds. The summed E-state index contributed by atoms with van der Waals surface area (Å²) in [7, 11) is 0. The van der Waals surface area contributed by atoms with Crippen molar-refractivity contribution in [2.45, 2.75) is 19.5 Å². The first-order valence-corrected chi connectivity index (χ1v) is 9.10. The highest BCUT2D eigenvalue weighted by Crippen LogP contribution is 2.25. The number of aromatic nitrogens is 2. The molecule has 26 heavy (non-hydrogen) atoms. The number of para-hydroxylation sites is 1. The largest absolute Gasteiger partial charge is 0.306 e. The first-order valence-electron chi connectivity index (χ1n) is 8.22. The number of nitro groups is 1. The zero-order valence-electron chi connectivity index (χ0n) is 13.8. The number of nitrogens with one attached hydrogen (secondary N) is 1. The number of benzene rings is 1. The molecule has 1 aliphatic rings. The summed E-state index contributed by atoms with van der Waals surface area (Å²) in [5, 5.41) is 13.1. The summed E-state index contributed by atoms with van der Waals surface area (Å²) < 4.78 is 0. The Hall–Kier alpha value is -2.84. The van der Waals surface area contributed by atoms with Crippen LogP contribution in [0.4, 0.5) is 5.69 Å². The molecule has 0 bridgehead atoms. The maximum Gasteiger partial charge on any atom is 0.273 e. The van der Waals surface area contributed by atoms with Crippen LogP contribution in [-0.4, -0.2) is 26.3 Å². The van der Waals surface area contributed by atoms with Crippen LogP contribution in [0.25, 0.3) is 10.7 Å². The Bertz CT molecular complexity index is 1010. The number of fused-ring (bicyclic) bond motifs is 1. The predicted octanol–water partition coefficient (Wildman–Crippen LogP) is 2.96. The molecule has 0 radical (unpaired) electrons.